The molecule has 0 atom stereocenters. The second-order valence-corrected chi connectivity index (χ2v) is 7.15. The van der Waals surface area contributed by atoms with Crippen molar-refractivity contribution in [2.75, 3.05) is 17.7 Å². The summed E-state index contributed by atoms with van der Waals surface area (Å²) in [6.07, 6.45) is 7.61. The molecule has 6 heteroatoms. The van der Waals surface area contributed by atoms with E-state index in [1.165, 1.54) is 0 Å². The number of nitrogens with zero attached hydrogens (tertiary/aromatic N) is 2. The number of anilines is 2. The summed E-state index contributed by atoms with van der Waals surface area (Å²) >= 11 is 0. The summed E-state index contributed by atoms with van der Waals surface area (Å²) in [5, 5.41) is 5.91. The van der Waals surface area contributed by atoms with Crippen molar-refractivity contribution in [1.82, 2.24) is 9.88 Å². The topological polar surface area (TPSA) is 74.3 Å². The average Bonchev–Trinajstić information content (AvgIpc) is 3.20. The molecule has 1 fully saturated rings. The Labute approximate surface area is 160 Å². The van der Waals surface area contributed by atoms with E-state index < -0.39 is 0 Å². The van der Waals surface area contributed by atoms with Crippen LogP contribution in [0.25, 0.3) is 0 Å². The molecule has 0 saturated heterocycles. The van der Waals surface area contributed by atoms with Gasteiger partial charge in [-0.3, -0.25) is 9.78 Å². The first-order valence-electron chi connectivity index (χ1n) is 9.35. The van der Waals surface area contributed by atoms with Crippen molar-refractivity contribution in [3.8, 4) is 0 Å². The summed E-state index contributed by atoms with van der Waals surface area (Å²) in [6.45, 7) is 2.40. The van der Waals surface area contributed by atoms with Gasteiger partial charge in [0.05, 0.1) is 0 Å². The van der Waals surface area contributed by atoms with E-state index in [0.717, 1.165) is 36.8 Å². The Morgan fingerprint density at radius 1 is 1.19 bits per heavy atom. The molecule has 1 saturated carbocycles. The normalized spacial score (nSPS) is 14.0. The van der Waals surface area contributed by atoms with Crippen LogP contribution in [0.15, 0.2) is 42.7 Å². The van der Waals surface area contributed by atoms with Crippen LogP contribution in [0.5, 0.6) is 0 Å². The van der Waals surface area contributed by atoms with Crippen LogP contribution in [0.4, 0.5) is 16.2 Å². The van der Waals surface area contributed by atoms with Crippen molar-refractivity contribution in [1.29, 1.82) is 0 Å². The quantitative estimate of drug-likeness (QED) is 0.833. The first-order valence-corrected chi connectivity index (χ1v) is 9.35. The molecule has 2 N–H and O–H groups in total. The van der Waals surface area contributed by atoms with E-state index in [2.05, 4.69) is 15.6 Å². The minimum absolute atomic E-state index is 0.0716. The van der Waals surface area contributed by atoms with E-state index in [-0.39, 0.29) is 17.9 Å². The summed E-state index contributed by atoms with van der Waals surface area (Å²) in [7, 11) is 1.74. The van der Waals surface area contributed by atoms with E-state index in [0.29, 0.717) is 17.9 Å². The number of pyridine rings is 1. The van der Waals surface area contributed by atoms with Crippen LogP contribution in [0.3, 0.4) is 0 Å². The van der Waals surface area contributed by atoms with Gasteiger partial charge in [-0.25, -0.2) is 4.79 Å². The Morgan fingerprint density at radius 3 is 2.67 bits per heavy atom. The fraction of sp³-hybridized carbons (Fsp3) is 0.381. The molecular weight excluding hydrogens is 340 g/mol. The third-order valence-corrected chi connectivity index (χ3v) is 4.96. The van der Waals surface area contributed by atoms with Crippen LogP contribution in [-0.4, -0.2) is 28.9 Å². The van der Waals surface area contributed by atoms with Gasteiger partial charge in [-0.15, -0.1) is 0 Å². The van der Waals surface area contributed by atoms with Crippen molar-refractivity contribution < 1.29 is 9.59 Å². The van der Waals surface area contributed by atoms with Gasteiger partial charge in [0.25, 0.3) is 0 Å². The minimum atomic E-state index is -0.207. The Balaban J connectivity index is 1.63. The molecule has 0 radical (unpaired) electrons. The highest BCUT2D eigenvalue weighted by Crippen LogP contribution is 2.27. The number of amides is 3. The van der Waals surface area contributed by atoms with Crippen LogP contribution in [-0.2, 0) is 11.3 Å². The highest BCUT2D eigenvalue weighted by atomic mass is 16.2. The Kier molecular flexibility index (Phi) is 6.06. The van der Waals surface area contributed by atoms with E-state index >= 15 is 0 Å². The smallest absolute Gasteiger partial charge is 0.321 e. The van der Waals surface area contributed by atoms with Gasteiger partial charge in [0.1, 0.15) is 0 Å². The highest BCUT2D eigenvalue weighted by Gasteiger charge is 2.22. The first kappa shape index (κ1) is 18.9. The van der Waals surface area contributed by atoms with Crippen molar-refractivity contribution >= 4 is 23.3 Å². The summed E-state index contributed by atoms with van der Waals surface area (Å²) in [4.78, 5) is 30.5. The van der Waals surface area contributed by atoms with Crippen LogP contribution in [0.1, 0.15) is 36.8 Å². The summed E-state index contributed by atoms with van der Waals surface area (Å²) in [6, 6.07) is 9.17. The number of aromatic nitrogens is 1. The number of carbonyl (C=O) groups is 2. The lowest BCUT2D eigenvalue weighted by atomic mass is 10.1. The molecule has 2 aromatic rings. The van der Waals surface area contributed by atoms with Gasteiger partial charge in [-0.1, -0.05) is 25.0 Å². The summed E-state index contributed by atoms with van der Waals surface area (Å²) in [5.41, 5.74) is 3.31. The summed E-state index contributed by atoms with van der Waals surface area (Å²) in [5.74, 6) is 0.178. The Morgan fingerprint density at radius 2 is 1.96 bits per heavy atom. The number of urea groups is 1. The maximum atomic E-state index is 12.5. The molecule has 3 amide bonds. The lowest BCUT2D eigenvalue weighted by molar-refractivity contribution is -0.119. The molecule has 1 aromatic heterocycles. The zero-order chi connectivity index (χ0) is 19.2. The third kappa shape index (κ3) is 5.06. The van der Waals surface area contributed by atoms with Crippen molar-refractivity contribution in [3.63, 3.8) is 0 Å². The molecule has 0 aliphatic heterocycles. The number of aryl methyl sites for hydroxylation is 1. The zero-order valence-corrected chi connectivity index (χ0v) is 15.9. The van der Waals surface area contributed by atoms with E-state index in [4.69, 9.17) is 0 Å². The number of hydrogen-bond acceptors (Lipinski definition) is 3. The molecule has 1 aromatic carbocycles. The van der Waals surface area contributed by atoms with E-state index in [1.807, 2.05) is 37.3 Å². The van der Waals surface area contributed by atoms with Gasteiger partial charge >= 0.3 is 6.03 Å². The first-order chi connectivity index (χ1) is 13.0. The SMILES string of the molecule is Cc1ccc(NC(=O)C2CCCC2)cc1NC(=O)N(C)Cc1cccnc1. The molecule has 6 nitrogen and oxygen atoms in total. The van der Waals surface area contributed by atoms with Crippen LogP contribution < -0.4 is 10.6 Å². The van der Waals surface area contributed by atoms with Gasteiger partial charge in [0.2, 0.25) is 5.91 Å². The van der Waals surface area contributed by atoms with Crippen LogP contribution in [0, 0.1) is 12.8 Å². The van der Waals surface area contributed by atoms with Gasteiger partial charge in [-0.05, 0) is 49.1 Å². The van der Waals surface area contributed by atoms with Crippen molar-refractivity contribution in [3.05, 3.63) is 53.9 Å². The predicted molar refractivity (Wildman–Crippen MR) is 106 cm³/mol. The maximum absolute atomic E-state index is 12.5. The van der Waals surface area contributed by atoms with E-state index in [9.17, 15) is 9.59 Å². The lowest BCUT2D eigenvalue weighted by Gasteiger charge is -2.19. The number of hydrogen-bond donors (Lipinski definition) is 2. The van der Waals surface area contributed by atoms with Crippen LogP contribution >= 0.6 is 0 Å². The number of rotatable bonds is 5. The molecule has 0 bridgehead atoms. The van der Waals surface area contributed by atoms with Gasteiger partial charge in [0, 0.05) is 43.3 Å². The fourth-order valence-electron chi connectivity index (χ4n) is 3.31. The molecule has 0 unspecified atom stereocenters. The predicted octanol–water partition coefficient (Wildman–Crippen LogP) is 4.18. The minimum Gasteiger partial charge on any atom is -0.326 e. The van der Waals surface area contributed by atoms with Crippen molar-refractivity contribution in [2.45, 2.75) is 39.2 Å². The molecule has 0 spiro atoms. The average molecular weight is 366 g/mol. The molecule has 142 valence electrons. The highest BCUT2D eigenvalue weighted by molar-refractivity contribution is 5.95. The third-order valence-electron chi connectivity index (χ3n) is 4.96. The standard InChI is InChI=1S/C21H26N4O2/c1-15-9-10-18(23-20(26)17-7-3-4-8-17)12-19(15)24-21(27)25(2)14-16-6-5-11-22-13-16/h5-6,9-13,17H,3-4,7-8,14H2,1-2H3,(H,23,26)(H,24,27). The fourth-order valence-corrected chi connectivity index (χ4v) is 3.31. The molecule has 1 aliphatic rings. The Bertz CT molecular complexity index is 801. The number of benzene rings is 1. The molecule has 3 rings (SSSR count). The molecule has 1 aliphatic carbocycles. The number of carbonyl (C=O) groups excluding carboxylic acids is 2. The Hall–Kier alpha value is -2.89. The van der Waals surface area contributed by atoms with Gasteiger partial charge in [-0.2, -0.15) is 0 Å². The zero-order valence-electron chi connectivity index (χ0n) is 15.9. The second-order valence-electron chi connectivity index (χ2n) is 7.15. The number of nitrogens with one attached hydrogen (secondary N) is 2. The van der Waals surface area contributed by atoms with Crippen LogP contribution in [0.2, 0.25) is 0 Å². The summed E-state index contributed by atoms with van der Waals surface area (Å²) < 4.78 is 0. The molecule has 1 heterocycles. The largest absolute Gasteiger partial charge is 0.326 e. The maximum Gasteiger partial charge on any atom is 0.321 e. The molecular formula is C21H26N4O2. The van der Waals surface area contributed by atoms with Gasteiger partial charge < -0.3 is 15.5 Å². The molecule has 27 heavy (non-hydrogen) atoms. The van der Waals surface area contributed by atoms with E-state index in [1.54, 1.807) is 24.3 Å². The van der Waals surface area contributed by atoms with Crippen molar-refractivity contribution in [2.24, 2.45) is 5.92 Å². The lowest BCUT2D eigenvalue weighted by Crippen LogP contribution is -2.31. The second kappa shape index (κ2) is 8.66. The van der Waals surface area contributed by atoms with Gasteiger partial charge in [0.15, 0.2) is 0 Å². The monoisotopic (exact) mass is 366 g/mol.